The summed E-state index contributed by atoms with van der Waals surface area (Å²) in [5.74, 6) is 0. The van der Waals surface area contributed by atoms with E-state index < -0.39 is 0 Å². The van der Waals surface area contributed by atoms with E-state index in [1.807, 2.05) is 18.3 Å². The summed E-state index contributed by atoms with van der Waals surface area (Å²) >= 11 is 0. The van der Waals surface area contributed by atoms with Crippen LogP contribution in [0.4, 0.5) is 0 Å². The smallest absolute Gasteiger partial charge is 0.116 e. The zero-order valence-corrected chi connectivity index (χ0v) is 11.3. The molecule has 7 heteroatoms. The number of pyridine rings is 1. The van der Waals surface area contributed by atoms with E-state index in [0.29, 0.717) is 0 Å². The number of hydrogen-bond donors (Lipinski definition) is 0. The first-order valence-electron chi connectivity index (χ1n) is 4.66. The van der Waals surface area contributed by atoms with Gasteiger partial charge < -0.3 is 20.8 Å². The van der Waals surface area contributed by atoms with Crippen LogP contribution in [0.3, 0.4) is 0 Å². The van der Waals surface area contributed by atoms with E-state index in [4.69, 9.17) is 0 Å². The second kappa shape index (κ2) is 8.63. The van der Waals surface area contributed by atoms with Gasteiger partial charge >= 0.3 is 0 Å². The quantitative estimate of drug-likeness (QED) is 0.569. The Kier molecular flexibility index (Phi) is 11.1. The van der Waals surface area contributed by atoms with Crippen molar-refractivity contribution in [2.24, 2.45) is 0 Å². The molecule has 1 aromatic heterocycles. The van der Waals surface area contributed by atoms with Gasteiger partial charge in [-0.1, -0.05) is 6.07 Å². The lowest BCUT2D eigenvalue weighted by molar-refractivity contribution is -0.878. The third-order valence-electron chi connectivity index (χ3n) is 2.81. The molecule has 0 aliphatic carbocycles. The van der Waals surface area contributed by atoms with Crippen molar-refractivity contribution in [2.75, 3.05) is 13.6 Å². The fraction of sp³-hybridized carbons (Fsp3) is 0.500. The average molecular weight is 287 g/mol. The number of quaternary nitrogens is 1. The Labute approximate surface area is 113 Å². The average Bonchev–Trinajstić information content (AvgIpc) is 2.47. The summed E-state index contributed by atoms with van der Waals surface area (Å²) in [5.41, 5.74) is 1.08. The predicted octanol–water partition coefficient (Wildman–Crippen LogP) is 1.06. The molecule has 2 unspecified atom stereocenters. The van der Waals surface area contributed by atoms with Gasteiger partial charge in [0.2, 0.25) is 0 Å². The molecular weight excluding hydrogens is 267 g/mol. The molecule has 17 heavy (non-hydrogen) atoms. The highest BCUT2D eigenvalue weighted by Gasteiger charge is 2.32. The van der Waals surface area contributed by atoms with Crippen molar-refractivity contribution in [1.29, 1.82) is 0 Å². The molecule has 0 bridgehead atoms. The highest BCUT2D eigenvalue weighted by molar-refractivity contribution is 5.85. The lowest BCUT2D eigenvalue weighted by Gasteiger charge is -2.40. The number of aromatic nitrogens is 1. The van der Waals surface area contributed by atoms with E-state index in [1.165, 1.54) is 0 Å². The second-order valence-electron chi connectivity index (χ2n) is 3.84. The highest BCUT2D eigenvalue weighted by atomic mass is 35.5. The molecule has 0 amide bonds. The summed E-state index contributed by atoms with van der Waals surface area (Å²) in [6.07, 6.45) is 5.57. The summed E-state index contributed by atoms with van der Waals surface area (Å²) in [6, 6.07) is 4.00. The molecule has 102 valence electrons. The molecule has 5 nitrogen and oxygen atoms in total. The van der Waals surface area contributed by atoms with E-state index in [-0.39, 0.29) is 46.5 Å². The first-order valence-corrected chi connectivity index (χ1v) is 4.66. The molecule has 0 saturated carbocycles. The molecule has 1 fully saturated rings. The minimum Gasteiger partial charge on any atom is -0.633 e. The van der Waals surface area contributed by atoms with Crippen LogP contribution in [0.1, 0.15) is 24.4 Å². The summed E-state index contributed by atoms with van der Waals surface area (Å²) in [4.78, 5) is 4.05. The predicted molar refractivity (Wildman–Crippen MR) is 72.4 cm³/mol. The molecule has 0 aromatic carbocycles. The summed E-state index contributed by atoms with van der Waals surface area (Å²) in [5, 5.41) is 11.9. The lowest BCUT2D eigenvalue weighted by Crippen LogP contribution is -2.36. The molecule has 1 aromatic rings. The molecular formula is C10H20Cl2N2O3. The van der Waals surface area contributed by atoms with E-state index in [0.717, 1.165) is 24.9 Å². The molecule has 0 spiro atoms. The maximum Gasteiger partial charge on any atom is 0.116 e. The van der Waals surface area contributed by atoms with Crippen LogP contribution >= 0.6 is 24.8 Å². The Morgan fingerprint density at radius 3 is 2.41 bits per heavy atom. The molecule has 2 atom stereocenters. The first-order chi connectivity index (χ1) is 6.20. The van der Waals surface area contributed by atoms with E-state index >= 15 is 0 Å². The third-order valence-corrected chi connectivity index (χ3v) is 2.81. The van der Waals surface area contributed by atoms with Gasteiger partial charge in [-0.2, -0.15) is 0 Å². The number of hydrogen-bond acceptors (Lipinski definition) is 2. The topological polar surface area (TPSA) is 99.0 Å². The van der Waals surface area contributed by atoms with Crippen molar-refractivity contribution in [3.05, 3.63) is 35.3 Å². The molecule has 4 N–H and O–H groups in total. The van der Waals surface area contributed by atoms with Gasteiger partial charge in [-0.15, -0.1) is 24.8 Å². The Morgan fingerprint density at radius 1 is 1.35 bits per heavy atom. The molecule has 1 aliphatic heterocycles. The zero-order chi connectivity index (χ0) is 9.31. The van der Waals surface area contributed by atoms with Gasteiger partial charge in [0.15, 0.2) is 0 Å². The summed E-state index contributed by atoms with van der Waals surface area (Å²) in [7, 11) is 1.75. The van der Waals surface area contributed by atoms with Crippen molar-refractivity contribution < 1.29 is 15.6 Å². The number of hydroxylamine groups is 3. The Bertz CT molecular complexity index is 299. The summed E-state index contributed by atoms with van der Waals surface area (Å²) in [6.45, 7) is 0.736. The van der Waals surface area contributed by atoms with Crippen LogP contribution in [0, 0.1) is 5.21 Å². The minimum absolute atomic E-state index is 0. The second-order valence-corrected chi connectivity index (χ2v) is 3.84. The van der Waals surface area contributed by atoms with E-state index in [1.54, 1.807) is 13.2 Å². The Hall–Kier alpha value is -0.430. The van der Waals surface area contributed by atoms with Gasteiger partial charge in [0.05, 0.1) is 13.6 Å². The van der Waals surface area contributed by atoms with E-state index in [9.17, 15) is 5.21 Å². The third kappa shape index (κ3) is 4.75. The maximum atomic E-state index is 11.9. The molecule has 1 aliphatic rings. The van der Waals surface area contributed by atoms with Crippen LogP contribution < -0.4 is 0 Å². The van der Waals surface area contributed by atoms with Crippen molar-refractivity contribution >= 4 is 24.8 Å². The van der Waals surface area contributed by atoms with Crippen LogP contribution in [0.2, 0.25) is 0 Å². The van der Waals surface area contributed by atoms with Gasteiger partial charge in [0, 0.05) is 30.8 Å². The number of likely N-dealkylation sites (tertiary alicyclic amines) is 1. The van der Waals surface area contributed by atoms with Crippen molar-refractivity contribution in [3.8, 4) is 0 Å². The van der Waals surface area contributed by atoms with Crippen LogP contribution in [-0.4, -0.2) is 34.2 Å². The molecule has 2 rings (SSSR count). The number of nitrogens with zero attached hydrogens (tertiary/aromatic N) is 2. The molecule has 2 heterocycles. The molecule has 1 saturated heterocycles. The van der Waals surface area contributed by atoms with Gasteiger partial charge in [-0.05, 0) is 6.07 Å². The maximum absolute atomic E-state index is 11.9. The monoisotopic (exact) mass is 286 g/mol. The highest BCUT2D eigenvalue weighted by Crippen LogP contribution is 2.35. The largest absolute Gasteiger partial charge is 0.633 e. The fourth-order valence-corrected chi connectivity index (χ4v) is 2.08. The van der Waals surface area contributed by atoms with Crippen LogP contribution in [0.5, 0.6) is 0 Å². The lowest BCUT2D eigenvalue weighted by atomic mass is 10.1. The standard InChI is InChI=1S/C10H14N2O.2ClH.2H2O/c1-12(13)7-3-5-10(12)9-4-2-6-11-8-9;;;;/h2,4,6,8,10H,3,5,7H2,1H3;2*1H;2*1H2. The normalized spacial score (nSPS) is 25.6. The van der Waals surface area contributed by atoms with Crippen LogP contribution in [0.25, 0.3) is 0 Å². The SMILES string of the molecule is C[N+]1([O-])CCCC1c1cccnc1.Cl.Cl.O.O. The number of rotatable bonds is 1. The van der Waals surface area contributed by atoms with Crippen LogP contribution in [-0.2, 0) is 0 Å². The van der Waals surface area contributed by atoms with E-state index in [2.05, 4.69) is 4.98 Å². The minimum atomic E-state index is -0.133. The van der Waals surface area contributed by atoms with Crippen molar-refractivity contribution in [2.45, 2.75) is 18.9 Å². The summed E-state index contributed by atoms with van der Waals surface area (Å²) < 4.78 is -0.133. The van der Waals surface area contributed by atoms with Gasteiger partial charge in [-0.3, -0.25) is 4.98 Å². The first kappa shape index (κ1) is 21.8. The van der Waals surface area contributed by atoms with Crippen molar-refractivity contribution in [3.63, 3.8) is 0 Å². The van der Waals surface area contributed by atoms with Gasteiger partial charge in [0.1, 0.15) is 6.04 Å². The van der Waals surface area contributed by atoms with Crippen LogP contribution in [0.15, 0.2) is 24.5 Å². The zero-order valence-electron chi connectivity index (χ0n) is 9.63. The van der Waals surface area contributed by atoms with Gasteiger partial charge in [0.25, 0.3) is 0 Å². The number of halogens is 2. The molecule has 0 radical (unpaired) electrons. The Balaban J connectivity index is -0.000000490. The fourth-order valence-electron chi connectivity index (χ4n) is 2.08. The Morgan fingerprint density at radius 2 is 2.00 bits per heavy atom. The van der Waals surface area contributed by atoms with Gasteiger partial charge in [-0.25, -0.2) is 0 Å². The van der Waals surface area contributed by atoms with Crippen molar-refractivity contribution in [1.82, 2.24) is 4.98 Å².